The third-order valence-electron chi connectivity index (χ3n) is 12.2. The molecule has 2 aromatic heterocycles. The summed E-state index contributed by atoms with van der Waals surface area (Å²) >= 11 is 0. The van der Waals surface area contributed by atoms with Crippen LogP contribution < -0.4 is 13.9 Å². The molecule has 0 N–H and O–H groups in total. The first-order valence-electron chi connectivity index (χ1n) is 20.4. The summed E-state index contributed by atoms with van der Waals surface area (Å²) in [6.07, 6.45) is 1.91. The third kappa shape index (κ3) is 6.04. The molecule has 1 fully saturated rings. The van der Waals surface area contributed by atoms with Crippen molar-refractivity contribution in [2.45, 2.75) is 72.1 Å². The summed E-state index contributed by atoms with van der Waals surface area (Å²) in [5.74, 6) is 2.48. The van der Waals surface area contributed by atoms with E-state index in [1.807, 2.05) is 12.3 Å². The maximum Gasteiger partial charge on any atom is 0.225 e. The number of fused-ring (bicyclic) bond motifs is 7. The molecule has 2 aliphatic heterocycles. The fraction of sp³-hybridized carbons (Fsp3) is 0.208. The number of ether oxygens (including phenoxy) is 1. The SMILES string of the molecule is CC(C)c1ccccc1-c1cc(Oc2[c-]c3c(cc2)c2ccccc2n3-c2cc(C(C)(C)C)ccn2)[c-]c([N+]23[CH-][N@+]2(c2cccc(C(C)(C)C)c2)c2ccccc23)c1.[Pt]. The number of aromatic nitrogens is 2. The molecule has 2 atom stereocenters. The Morgan fingerprint density at radius 2 is 1.34 bits per heavy atom. The summed E-state index contributed by atoms with van der Waals surface area (Å²) in [6, 6.07) is 55.7. The number of pyridine rings is 1. The van der Waals surface area contributed by atoms with Crippen LogP contribution in [0.5, 0.6) is 11.5 Å². The molecule has 298 valence electrons. The largest absolute Gasteiger partial charge is 0.509 e. The Morgan fingerprint density at radius 1 is 0.644 bits per heavy atom. The Balaban J connectivity index is 0.00000449. The van der Waals surface area contributed by atoms with Crippen LogP contribution in [0.25, 0.3) is 38.8 Å². The van der Waals surface area contributed by atoms with Crippen LogP contribution in [0.3, 0.4) is 0 Å². The second kappa shape index (κ2) is 13.9. The van der Waals surface area contributed by atoms with Crippen molar-refractivity contribution in [1.82, 2.24) is 18.7 Å². The van der Waals surface area contributed by atoms with Crippen molar-refractivity contribution in [1.29, 1.82) is 0 Å². The van der Waals surface area contributed by atoms with Gasteiger partial charge in [-0.1, -0.05) is 140 Å². The molecule has 1 saturated heterocycles. The number of quaternary nitrogens is 2. The summed E-state index contributed by atoms with van der Waals surface area (Å²) in [6.45, 7) is 20.5. The van der Waals surface area contributed by atoms with E-state index in [9.17, 15) is 0 Å². The van der Waals surface area contributed by atoms with E-state index in [1.54, 1.807) is 0 Å². The van der Waals surface area contributed by atoms with Gasteiger partial charge in [0.1, 0.15) is 5.82 Å². The van der Waals surface area contributed by atoms with Crippen molar-refractivity contribution < 1.29 is 25.8 Å². The van der Waals surface area contributed by atoms with E-state index in [-0.39, 0.29) is 31.9 Å². The Morgan fingerprint density at radius 3 is 2.10 bits per heavy atom. The number of rotatable bonds is 7. The number of para-hydroxylation sites is 3. The van der Waals surface area contributed by atoms with Gasteiger partial charge in [-0.05, 0) is 62.6 Å². The van der Waals surface area contributed by atoms with Gasteiger partial charge in [0.05, 0.1) is 5.69 Å². The molecule has 6 heteroatoms. The fourth-order valence-electron chi connectivity index (χ4n) is 9.10. The van der Waals surface area contributed by atoms with E-state index in [4.69, 9.17) is 9.72 Å². The first kappa shape index (κ1) is 39.2. The molecule has 0 amide bonds. The number of hydrogen-bond acceptors (Lipinski definition) is 2. The molecule has 1 unspecified atom stereocenters. The number of benzene rings is 6. The van der Waals surface area contributed by atoms with E-state index >= 15 is 0 Å². The maximum atomic E-state index is 6.95. The zero-order chi connectivity index (χ0) is 40.2. The second-order valence-electron chi connectivity index (χ2n) is 18.3. The van der Waals surface area contributed by atoms with E-state index < -0.39 is 0 Å². The predicted octanol–water partition coefficient (Wildman–Crippen LogP) is 14.3. The zero-order valence-electron chi connectivity index (χ0n) is 34.9. The van der Waals surface area contributed by atoms with Crippen molar-refractivity contribution in [3.8, 4) is 28.4 Å². The van der Waals surface area contributed by atoms with Crippen molar-refractivity contribution in [3.05, 3.63) is 175 Å². The predicted molar refractivity (Wildman–Crippen MR) is 240 cm³/mol. The van der Waals surface area contributed by atoms with Crippen LogP contribution >= 0.6 is 0 Å². The molecule has 0 radical (unpaired) electrons. The monoisotopic (exact) mass is 952 g/mol. The van der Waals surface area contributed by atoms with Crippen molar-refractivity contribution in [2.75, 3.05) is 0 Å². The van der Waals surface area contributed by atoms with Gasteiger partial charge in [-0.2, -0.15) is 10.7 Å². The van der Waals surface area contributed by atoms with Gasteiger partial charge >= 0.3 is 0 Å². The molecule has 10 rings (SSSR count). The van der Waals surface area contributed by atoms with Gasteiger partial charge < -0.3 is 9.30 Å². The van der Waals surface area contributed by atoms with Crippen LogP contribution in [0.1, 0.15) is 78.0 Å². The summed E-state index contributed by atoms with van der Waals surface area (Å²) in [5.41, 5.74) is 13.0. The van der Waals surface area contributed by atoms with Gasteiger partial charge in [-0.15, -0.1) is 29.1 Å². The van der Waals surface area contributed by atoms with Crippen molar-refractivity contribution >= 4 is 44.6 Å². The van der Waals surface area contributed by atoms with Crippen LogP contribution in [0.4, 0.5) is 22.7 Å². The zero-order valence-corrected chi connectivity index (χ0v) is 37.2. The van der Waals surface area contributed by atoms with Crippen LogP contribution in [-0.2, 0) is 31.9 Å². The molecule has 8 aromatic rings. The van der Waals surface area contributed by atoms with Crippen LogP contribution in [0.2, 0.25) is 0 Å². The molecule has 0 aliphatic carbocycles. The smallest absolute Gasteiger partial charge is 0.225 e. The topological polar surface area (TPSA) is 27.1 Å². The van der Waals surface area contributed by atoms with Crippen LogP contribution in [0.15, 0.2) is 140 Å². The molecule has 0 spiro atoms. The van der Waals surface area contributed by atoms with Gasteiger partial charge in [0.25, 0.3) is 0 Å². The average Bonchev–Trinajstić information content (AvgIpc) is 3.71. The maximum absolute atomic E-state index is 6.95. The normalized spacial score (nSPS) is 18.3. The Kier molecular flexibility index (Phi) is 9.21. The van der Waals surface area contributed by atoms with Crippen LogP contribution in [-0.4, -0.2) is 9.55 Å². The van der Waals surface area contributed by atoms with E-state index in [0.29, 0.717) is 26.6 Å². The van der Waals surface area contributed by atoms with Gasteiger partial charge in [0.15, 0.2) is 12.4 Å². The molecule has 2 aliphatic rings. The molecule has 5 nitrogen and oxygen atoms in total. The van der Waals surface area contributed by atoms with Gasteiger partial charge in [-0.3, -0.25) is 0 Å². The molecule has 0 saturated carbocycles. The molecular formula is C53H49N4OPt-. The van der Waals surface area contributed by atoms with Crippen LogP contribution in [0, 0.1) is 18.8 Å². The summed E-state index contributed by atoms with van der Waals surface area (Å²) in [5, 5.41) is 2.25. The number of hydrogen-bond donors (Lipinski definition) is 0. The minimum Gasteiger partial charge on any atom is -0.509 e. The van der Waals surface area contributed by atoms with E-state index in [2.05, 4.69) is 206 Å². The molecule has 6 aromatic carbocycles. The Hall–Kier alpha value is -5.32. The first-order chi connectivity index (χ1) is 27.8. The summed E-state index contributed by atoms with van der Waals surface area (Å²) in [4.78, 5) is 4.89. The minimum atomic E-state index is -0.0230. The molecule has 4 heterocycles. The van der Waals surface area contributed by atoms with Crippen molar-refractivity contribution in [3.63, 3.8) is 0 Å². The molecular weight excluding hydrogens is 904 g/mol. The number of nitrogens with zero attached hydrogens (tertiary/aromatic N) is 4. The summed E-state index contributed by atoms with van der Waals surface area (Å²) < 4.78 is 10.3. The van der Waals surface area contributed by atoms with E-state index in [1.165, 1.54) is 39.3 Å². The van der Waals surface area contributed by atoms with Crippen molar-refractivity contribution in [2.24, 2.45) is 0 Å². The Labute approximate surface area is 362 Å². The van der Waals surface area contributed by atoms with Gasteiger partial charge in [0.2, 0.25) is 11.4 Å². The average molecular weight is 953 g/mol. The fourth-order valence-corrected chi connectivity index (χ4v) is 9.10. The standard InChI is InChI=1S/C53H49N4O.Pt/c1-35(2)43-18-9-10-19-44(43)36-28-40(57-34-56(57,49-22-13-14-23-50(49)57)39-17-15-16-37(30-39)52(3,4)5)32-42(29-36)58-41-24-25-46-45-20-11-12-21-47(45)55(48(46)33-41)51-31-38(26-27-54-51)53(6,7)8;/h9-31,34-35H,1-8H3;/q-1;/t56-,57?;/m0./s1. The molecule has 0 bridgehead atoms. The third-order valence-corrected chi connectivity index (χ3v) is 12.2. The van der Waals surface area contributed by atoms with Gasteiger partial charge in [0, 0.05) is 68.5 Å². The summed E-state index contributed by atoms with van der Waals surface area (Å²) in [7, 11) is 0. The molecule has 59 heavy (non-hydrogen) atoms. The van der Waals surface area contributed by atoms with E-state index in [0.717, 1.165) is 38.9 Å². The first-order valence-corrected chi connectivity index (χ1v) is 20.4. The minimum absolute atomic E-state index is 0. The second-order valence-corrected chi connectivity index (χ2v) is 18.3. The van der Waals surface area contributed by atoms with Gasteiger partial charge in [-0.25, -0.2) is 9.58 Å². The quantitative estimate of drug-likeness (QED) is 0.0904. The Bertz CT molecular complexity index is 2930.